The Bertz CT molecular complexity index is 1020. The van der Waals surface area contributed by atoms with Crippen LogP contribution in [0.5, 0.6) is 0 Å². The molecule has 2 aromatic carbocycles. The second kappa shape index (κ2) is 7.33. The van der Waals surface area contributed by atoms with Gasteiger partial charge < -0.3 is 9.73 Å². The van der Waals surface area contributed by atoms with Gasteiger partial charge in [-0.05, 0) is 36.8 Å². The number of amides is 1. The van der Waals surface area contributed by atoms with Crippen molar-refractivity contribution in [2.24, 2.45) is 0 Å². The number of nitrogens with one attached hydrogen (secondary N) is 1. The third-order valence-electron chi connectivity index (χ3n) is 4.36. The van der Waals surface area contributed by atoms with Crippen molar-refractivity contribution in [1.29, 1.82) is 0 Å². The van der Waals surface area contributed by atoms with E-state index >= 15 is 0 Å². The van der Waals surface area contributed by atoms with Crippen molar-refractivity contribution in [2.75, 3.05) is 0 Å². The Kier molecular flexibility index (Phi) is 4.58. The van der Waals surface area contributed by atoms with Crippen molar-refractivity contribution in [3.05, 3.63) is 96.4 Å². The lowest BCUT2D eigenvalue weighted by molar-refractivity contribution is 0.0932. The van der Waals surface area contributed by atoms with Gasteiger partial charge >= 0.3 is 0 Å². The van der Waals surface area contributed by atoms with E-state index in [1.807, 2.05) is 73.7 Å². The molecule has 0 radical (unpaired) electrons. The van der Waals surface area contributed by atoms with Crippen molar-refractivity contribution >= 4 is 5.91 Å². The Balaban J connectivity index is 1.69. The van der Waals surface area contributed by atoms with Gasteiger partial charge in [-0.3, -0.25) is 4.79 Å². The number of furan rings is 1. The molecule has 1 atom stereocenters. The molecule has 134 valence electrons. The molecule has 0 aliphatic rings. The molecule has 0 bridgehead atoms. The molecule has 0 spiro atoms. The third kappa shape index (κ3) is 3.53. The van der Waals surface area contributed by atoms with Crippen LogP contribution in [0.3, 0.4) is 0 Å². The summed E-state index contributed by atoms with van der Waals surface area (Å²) in [5, 5.41) is 7.64. The maximum Gasteiger partial charge on any atom is 0.270 e. The first-order chi connectivity index (χ1) is 13.2. The number of carbonyl (C=O) groups excluding carboxylic acids is 1. The van der Waals surface area contributed by atoms with Gasteiger partial charge in [0.15, 0.2) is 5.76 Å². The molecule has 0 aliphatic carbocycles. The van der Waals surface area contributed by atoms with Crippen LogP contribution in [0.1, 0.15) is 29.0 Å². The zero-order valence-corrected chi connectivity index (χ0v) is 14.9. The molecule has 1 N–H and O–H groups in total. The lowest BCUT2D eigenvalue weighted by atomic mass is 10.1. The van der Waals surface area contributed by atoms with Gasteiger partial charge in [-0.1, -0.05) is 48.5 Å². The number of aromatic nitrogens is 2. The van der Waals surface area contributed by atoms with Crippen LogP contribution in [0, 0.1) is 0 Å². The number of carbonyl (C=O) groups is 1. The molecule has 2 aromatic heterocycles. The molecule has 0 fully saturated rings. The van der Waals surface area contributed by atoms with Crippen LogP contribution in [-0.4, -0.2) is 15.7 Å². The Hall–Kier alpha value is -3.60. The maximum absolute atomic E-state index is 13.0. The summed E-state index contributed by atoms with van der Waals surface area (Å²) in [5.74, 6) is 0.426. The minimum Gasteiger partial charge on any atom is -0.463 e. The minimum atomic E-state index is -0.194. The molecule has 0 saturated carbocycles. The number of hydrogen-bond acceptors (Lipinski definition) is 3. The fraction of sp³-hybridized carbons (Fsp3) is 0.0909. The highest BCUT2D eigenvalue weighted by Crippen LogP contribution is 2.23. The van der Waals surface area contributed by atoms with Gasteiger partial charge in [0.1, 0.15) is 11.4 Å². The van der Waals surface area contributed by atoms with Crippen LogP contribution in [0.2, 0.25) is 0 Å². The van der Waals surface area contributed by atoms with Crippen LogP contribution in [0.25, 0.3) is 17.1 Å². The topological polar surface area (TPSA) is 60.1 Å². The summed E-state index contributed by atoms with van der Waals surface area (Å²) in [6, 6.07) is 24.7. The van der Waals surface area contributed by atoms with E-state index < -0.39 is 0 Å². The van der Waals surface area contributed by atoms with Gasteiger partial charge in [0.2, 0.25) is 0 Å². The molecule has 27 heavy (non-hydrogen) atoms. The highest BCUT2D eigenvalue weighted by Gasteiger charge is 2.20. The Labute approximate surface area is 157 Å². The first-order valence-corrected chi connectivity index (χ1v) is 8.77. The van der Waals surface area contributed by atoms with Crippen LogP contribution >= 0.6 is 0 Å². The molecular formula is C22H19N3O2. The van der Waals surface area contributed by atoms with E-state index in [0.717, 1.165) is 11.3 Å². The fourth-order valence-corrected chi connectivity index (χ4v) is 2.95. The standard InChI is InChI=1S/C22H19N3O2/c1-16(17-9-4-2-5-10-17)23-22(26)20-15-19(21-13-8-14-27-21)24-25(20)18-11-6-3-7-12-18/h2-16H,1H3,(H,23,26)/t16-/m1/s1. The SMILES string of the molecule is C[C@@H](NC(=O)c1cc(-c2ccco2)nn1-c1ccccc1)c1ccccc1. The van der Waals surface area contributed by atoms with E-state index in [-0.39, 0.29) is 11.9 Å². The average molecular weight is 357 g/mol. The van der Waals surface area contributed by atoms with Crippen molar-refractivity contribution in [3.63, 3.8) is 0 Å². The number of hydrogen-bond donors (Lipinski definition) is 1. The Morgan fingerprint density at radius 1 is 1.00 bits per heavy atom. The number of benzene rings is 2. The zero-order chi connectivity index (χ0) is 18.6. The molecule has 2 heterocycles. The molecule has 1 amide bonds. The molecule has 0 saturated heterocycles. The number of nitrogens with zero attached hydrogens (tertiary/aromatic N) is 2. The van der Waals surface area contributed by atoms with Crippen molar-refractivity contribution < 1.29 is 9.21 Å². The molecule has 4 rings (SSSR count). The van der Waals surface area contributed by atoms with Gasteiger partial charge in [0, 0.05) is 6.07 Å². The molecular weight excluding hydrogens is 338 g/mol. The van der Waals surface area contributed by atoms with Crippen molar-refractivity contribution in [1.82, 2.24) is 15.1 Å². The highest BCUT2D eigenvalue weighted by molar-refractivity contribution is 5.94. The lowest BCUT2D eigenvalue weighted by Crippen LogP contribution is -2.28. The smallest absolute Gasteiger partial charge is 0.270 e. The van der Waals surface area contributed by atoms with Crippen LogP contribution in [0.4, 0.5) is 0 Å². The molecule has 0 unspecified atom stereocenters. The third-order valence-corrected chi connectivity index (χ3v) is 4.36. The summed E-state index contributed by atoms with van der Waals surface area (Å²) in [6.45, 7) is 1.96. The molecule has 0 aliphatic heterocycles. The number of rotatable bonds is 5. The van der Waals surface area contributed by atoms with E-state index in [1.54, 1.807) is 23.1 Å². The summed E-state index contributed by atoms with van der Waals surface area (Å²) >= 11 is 0. The van der Waals surface area contributed by atoms with E-state index in [4.69, 9.17) is 4.42 Å². The second-order valence-corrected chi connectivity index (χ2v) is 6.25. The summed E-state index contributed by atoms with van der Waals surface area (Å²) < 4.78 is 7.09. The number of para-hydroxylation sites is 1. The first-order valence-electron chi connectivity index (χ1n) is 8.77. The quantitative estimate of drug-likeness (QED) is 0.567. The largest absolute Gasteiger partial charge is 0.463 e. The molecule has 5 nitrogen and oxygen atoms in total. The summed E-state index contributed by atoms with van der Waals surface area (Å²) in [6.07, 6.45) is 1.59. The van der Waals surface area contributed by atoms with Crippen molar-refractivity contribution in [3.8, 4) is 17.1 Å². The van der Waals surface area contributed by atoms with E-state index in [2.05, 4.69) is 10.4 Å². The van der Waals surface area contributed by atoms with Gasteiger partial charge in [0.25, 0.3) is 5.91 Å². The molecule has 5 heteroatoms. The maximum atomic E-state index is 13.0. The Morgan fingerprint density at radius 3 is 2.37 bits per heavy atom. The van der Waals surface area contributed by atoms with Gasteiger partial charge in [0.05, 0.1) is 18.0 Å². The van der Waals surface area contributed by atoms with Crippen LogP contribution in [0.15, 0.2) is 89.5 Å². The van der Waals surface area contributed by atoms with E-state index in [0.29, 0.717) is 17.1 Å². The van der Waals surface area contributed by atoms with E-state index in [1.165, 1.54) is 0 Å². The summed E-state index contributed by atoms with van der Waals surface area (Å²) in [7, 11) is 0. The summed E-state index contributed by atoms with van der Waals surface area (Å²) in [5.41, 5.74) is 2.92. The van der Waals surface area contributed by atoms with Gasteiger partial charge in [-0.15, -0.1) is 0 Å². The average Bonchev–Trinajstić information content (AvgIpc) is 3.39. The Morgan fingerprint density at radius 2 is 1.70 bits per heavy atom. The molecule has 4 aromatic rings. The predicted molar refractivity (Wildman–Crippen MR) is 104 cm³/mol. The predicted octanol–water partition coefficient (Wildman–Crippen LogP) is 4.62. The van der Waals surface area contributed by atoms with Crippen LogP contribution < -0.4 is 5.32 Å². The monoisotopic (exact) mass is 357 g/mol. The van der Waals surface area contributed by atoms with Crippen LogP contribution in [-0.2, 0) is 0 Å². The van der Waals surface area contributed by atoms with Gasteiger partial charge in [-0.25, -0.2) is 4.68 Å². The minimum absolute atomic E-state index is 0.120. The summed E-state index contributed by atoms with van der Waals surface area (Å²) in [4.78, 5) is 13.0. The fourth-order valence-electron chi connectivity index (χ4n) is 2.95. The second-order valence-electron chi connectivity index (χ2n) is 6.25. The highest BCUT2D eigenvalue weighted by atomic mass is 16.3. The van der Waals surface area contributed by atoms with E-state index in [9.17, 15) is 4.79 Å². The van der Waals surface area contributed by atoms with Crippen molar-refractivity contribution in [2.45, 2.75) is 13.0 Å². The lowest BCUT2D eigenvalue weighted by Gasteiger charge is -2.15. The van der Waals surface area contributed by atoms with Gasteiger partial charge in [-0.2, -0.15) is 5.10 Å². The first kappa shape index (κ1) is 16.8. The zero-order valence-electron chi connectivity index (χ0n) is 14.9. The normalized spacial score (nSPS) is 11.9.